The van der Waals surface area contributed by atoms with Crippen molar-refractivity contribution in [3.8, 4) is 0 Å². The lowest BCUT2D eigenvalue weighted by atomic mass is 10.1. The largest absolute Gasteiger partial charge is 0.465 e. The molecular weight excluding hydrogens is 344 g/mol. The maximum Gasteiger partial charge on any atom is 0.408 e. The summed E-state index contributed by atoms with van der Waals surface area (Å²) in [6.45, 7) is 3.03. The van der Waals surface area contributed by atoms with Gasteiger partial charge in [0.1, 0.15) is 6.04 Å². The van der Waals surface area contributed by atoms with Gasteiger partial charge in [0.2, 0.25) is 5.91 Å². The summed E-state index contributed by atoms with van der Waals surface area (Å²) in [7, 11) is 0. The van der Waals surface area contributed by atoms with E-state index < -0.39 is 12.1 Å². The van der Waals surface area contributed by atoms with Crippen molar-refractivity contribution < 1.29 is 19.4 Å². The van der Waals surface area contributed by atoms with E-state index >= 15 is 0 Å². The van der Waals surface area contributed by atoms with Crippen LogP contribution in [0.5, 0.6) is 0 Å². The Labute approximate surface area is 159 Å². The summed E-state index contributed by atoms with van der Waals surface area (Å²) in [6.07, 6.45) is -1.09. The van der Waals surface area contributed by atoms with Crippen LogP contribution in [0.1, 0.15) is 18.1 Å². The summed E-state index contributed by atoms with van der Waals surface area (Å²) in [5.74, 6) is -0.215. The minimum absolute atomic E-state index is 0.0374. The van der Waals surface area contributed by atoms with Gasteiger partial charge in [-0.2, -0.15) is 0 Å². The van der Waals surface area contributed by atoms with Crippen LogP contribution < -0.4 is 0 Å². The van der Waals surface area contributed by atoms with Gasteiger partial charge >= 0.3 is 6.09 Å². The van der Waals surface area contributed by atoms with Gasteiger partial charge in [-0.1, -0.05) is 60.7 Å². The summed E-state index contributed by atoms with van der Waals surface area (Å²) in [6, 6.07) is 18.2. The van der Waals surface area contributed by atoms with Crippen molar-refractivity contribution in [1.82, 2.24) is 9.80 Å². The van der Waals surface area contributed by atoms with E-state index in [1.807, 2.05) is 67.6 Å². The highest BCUT2D eigenvalue weighted by molar-refractivity contribution is 5.87. The van der Waals surface area contributed by atoms with E-state index in [0.29, 0.717) is 19.7 Å². The Morgan fingerprint density at radius 1 is 1.07 bits per heavy atom. The van der Waals surface area contributed by atoms with Crippen molar-refractivity contribution >= 4 is 12.0 Å². The molecule has 1 aliphatic rings. The third-order valence-corrected chi connectivity index (χ3v) is 4.72. The second kappa shape index (κ2) is 8.68. The van der Waals surface area contributed by atoms with E-state index in [4.69, 9.17) is 4.74 Å². The number of nitrogens with zero attached hydrogens (tertiary/aromatic N) is 2. The first-order valence-electron chi connectivity index (χ1n) is 9.02. The SMILES string of the molecule is C[C@H]1CN(Cc2ccccc2)C(=O)[C@H](COCc2ccccc2)N1C(=O)O. The standard InChI is InChI=1S/C21H24N2O4/c1-16-12-22(13-17-8-4-2-5-9-17)20(24)19(23(16)21(25)26)15-27-14-18-10-6-3-7-11-18/h2-11,16,19H,12-15H2,1H3,(H,25,26)/t16-,19-/m0/s1. The van der Waals surface area contributed by atoms with Crippen LogP contribution in [0.4, 0.5) is 4.79 Å². The Balaban J connectivity index is 1.70. The van der Waals surface area contributed by atoms with Gasteiger partial charge in [0.25, 0.3) is 0 Å². The number of carbonyl (C=O) groups excluding carboxylic acids is 1. The highest BCUT2D eigenvalue weighted by atomic mass is 16.5. The maximum atomic E-state index is 13.0. The van der Waals surface area contributed by atoms with E-state index in [1.165, 1.54) is 4.90 Å². The van der Waals surface area contributed by atoms with E-state index in [-0.39, 0.29) is 18.6 Å². The first-order valence-corrected chi connectivity index (χ1v) is 9.02. The molecule has 0 saturated carbocycles. The molecule has 6 heteroatoms. The lowest BCUT2D eigenvalue weighted by molar-refractivity contribution is -0.147. The van der Waals surface area contributed by atoms with Gasteiger partial charge in [0.15, 0.2) is 0 Å². The topological polar surface area (TPSA) is 70.1 Å². The molecule has 0 spiro atoms. The highest BCUT2D eigenvalue weighted by Crippen LogP contribution is 2.20. The van der Waals surface area contributed by atoms with Gasteiger partial charge in [0.05, 0.1) is 19.3 Å². The fraction of sp³-hybridized carbons (Fsp3) is 0.333. The molecular formula is C21H24N2O4. The molecule has 2 aromatic rings. The zero-order valence-electron chi connectivity index (χ0n) is 15.3. The molecule has 0 unspecified atom stereocenters. The van der Waals surface area contributed by atoms with Gasteiger partial charge in [-0.25, -0.2) is 4.79 Å². The summed E-state index contributed by atoms with van der Waals surface area (Å²) in [5.41, 5.74) is 2.00. The molecule has 0 bridgehead atoms. The molecule has 3 rings (SSSR count). The monoisotopic (exact) mass is 368 g/mol. The van der Waals surface area contributed by atoms with E-state index in [9.17, 15) is 14.7 Å². The van der Waals surface area contributed by atoms with Crippen LogP contribution in [-0.2, 0) is 22.7 Å². The lowest BCUT2D eigenvalue weighted by Gasteiger charge is -2.43. The van der Waals surface area contributed by atoms with Gasteiger partial charge in [-0.15, -0.1) is 0 Å². The van der Waals surface area contributed by atoms with Crippen LogP contribution in [0.3, 0.4) is 0 Å². The first-order chi connectivity index (χ1) is 13.1. The Bertz CT molecular complexity index is 766. The van der Waals surface area contributed by atoms with Crippen LogP contribution >= 0.6 is 0 Å². The molecule has 1 saturated heterocycles. The molecule has 1 N–H and O–H groups in total. The smallest absolute Gasteiger partial charge is 0.408 e. The molecule has 142 valence electrons. The number of hydrogen-bond acceptors (Lipinski definition) is 3. The minimum Gasteiger partial charge on any atom is -0.465 e. The van der Waals surface area contributed by atoms with Gasteiger partial charge < -0.3 is 14.7 Å². The predicted octanol–water partition coefficient (Wildman–Crippen LogP) is 2.98. The van der Waals surface area contributed by atoms with Crippen molar-refractivity contribution in [2.45, 2.75) is 32.2 Å². The number of benzene rings is 2. The van der Waals surface area contributed by atoms with Crippen molar-refractivity contribution in [2.75, 3.05) is 13.2 Å². The Kier molecular flexibility index (Phi) is 6.08. The van der Waals surface area contributed by atoms with Crippen LogP contribution in [0, 0.1) is 0 Å². The van der Waals surface area contributed by atoms with Gasteiger partial charge in [0, 0.05) is 13.1 Å². The predicted molar refractivity (Wildman–Crippen MR) is 101 cm³/mol. The average molecular weight is 368 g/mol. The molecule has 2 aromatic carbocycles. The zero-order chi connectivity index (χ0) is 19.2. The Hall–Kier alpha value is -2.86. The van der Waals surface area contributed by atoms with Crippen molar-refractivity contribution in [3.05, 3.63) is 71.8 Å². The summed E-state index contributed by atoms with van der Waals surface area (Å²) in [4.78, 5) is 27.6. The zero-order valence-corrected chi connectivity index (χ0v) is 15.3. The molecule has 0 radical (unpaired) electrons. The Morgan fingerprint density at radius 2 is 1.67 bits per heavy atom. The number of carboxylic acid groups (broad SMARTS) is 1. The molecule has 2 amide bonds. The molecule has 0 aromatic heterocycles. The Morgan fingerprint density at radius 3 is 2.26 bits per heavy atom. The van der Waals surface area contributed by atoms with E-state index in [1.54, 1.807) is 4.90 Å². The van der Waals surface area contributed by atoms with Crippen LogP contribution in [0.25, 0.3) is 0 Å². The van der Waals surface area contributed by atoms with E-state index in [2.05, 4.69) is 0 Å². The highest BCUT2D eigenvalue weighted by Gasteiger charge is 2.41. The lowest BCUT2D eigenvalue weighted by Crippen LogP contribution is -2.63. The molecule has 27 heavy (non-hydrogen) atoms. The maximum absolute atomic E-state index is 13.0. The summed E-state index contributed by atoms with van der Waals surface area (Å²) >= 11 is 0. The fourth-order valence-electron chi connectivity index (χ4n) is 3.42. The van der Waals surface area contributed by atoms with E-state index in [0.717, 1.165) is 11.1 Å². The second-order valence-corrected chi connectivity index (χ2v) is 6.76. The summed E-state index contributed by atoms with van der Waals surface area (Å²) in [5, 5.41) is 9.59. The number of piperazine rings is 1. The van der Waals surface area contributed by atoms with Crippen molar-refractivity contribution in [3.63, 3.8) is 0 Å². The fourth-order valence-corrected chi connectivity index (χ4v) is 3.42. The minimum atomic E-state index is -1.09. The number of rotatable bonds is 6. The van der Waals surface area contributed by atoms with Gasteiger partial charge in [-0.05, 0) is 18.1 Å². The molecule has 1 fully saturated rings. The van der Waals surface area contributed by atoms with Crippen LogP contribution in [0.15, 0.2) is 60.7 Å². The van der Waals surface area contributed by atoms with Crippen molar-refractivity contribution in [2.24, 2.45) is 0 Å². The van der Waals surface area contributed by atoms with Crippen LogP contribution in [-0.4, -0.2) is 52.1 Å². The third-order valence-electron chi connectivity index (χ3n) is 4.72. The number of amides is 2. The number of ether oxygens (including phenoxy) is 1. The summed E-state index contributed by atoms with van der Waals surface area (Å²) < 4.78 is 5.70. The second-order valence-electron chi connectivity index (χ2n) is 6.76. The third kappa shape index (κ3) is 4.65. The normalized spacial score (nSPS) is 20.0. The molecule has 0 aliphatic carbocycles. The molecule has 1 heterocycles. The van der Waals surface area contributed by atoms with Gasteiger partial charge in [-0.3, -0.25) is 9.69 Å². The first kappa shape index (κ1) is 18.9. The quantitative estimate of drug-likeness (QED) is 0.851. The molecule has 6 nitrogen and oxygen atoms in total. The molecule has 2 atom stereocenters. The van der Waals surface area contributed by atoms with Crippen LogP contribution in [0.2, 0.25) is 0 Å². The average Bonchev–Trinajstić information content (AvgIpc) is 2.66. The van der Waals surface area contributed by atoms with Crippen molar-refractivity contribution in [1.29, 1.82) is 0 Å². The number of carbonyl (C=O) groups is 2. The number of hydrogen-bond donors (Lipinski definition) is 1. The molecule has 1 aliphatic heterocycles.